The highest BCUT2D eigenvalue weighted by molar-refractivity contribution is 6.30. The number of aliphatic carboxylic acids is 1. The largest absolute Gasteiger partial charge is 0.481 e. The molecular formula is C16H15ClN2O4. The summed E-state index contributed by atoms with van der Waals surface area (Å²) in [5.41, 5.74) is 0.402. The molecule has 1 aromatic carbocycles. The lowest BCUT2D eigenvalue weighted by Crippen LogP contribution is -2.34. The van der Waals surface area contributed by atoms with E-state index >= 15 is 0 Å². The number of halogens is 1. The van der Waals surface area contributed by atoms with E-state index in [2.05, 4.69) is 5.32 Å². The van der Waals surface area contributed by atoms with Gasteiger partial charge in [0.2, 0.25) is 0 Å². The Balaban J connectivity index is 2.30. The van der Waals surface area contributed by atoms with Gasteiger partial charge in [-0.3, -0.25) is 14.4 Å². The molecular weight excluding hydrogens is 320 g/mol. The van der Waals surface area contributed by atoms with Crippen LogP contribution in [0.3, 0.4) is 0 Å². The summed E-state index contributed by atoms with van der Waals surface area (Å²) in [5, 5.41) is 12.1. The van der Waals surface area contributed by atoms with Crippen LogP contribution >= 0.6 is 11.6 Å². The van der Waals surface area contributed by atoms with E-state index in [-0.39, 0.29) is 17.7 Å². The number of carboxylic acids is 1. The monoisotopic (exact) mass is 334 g/mol. The second-order valence-corrected chi connectivity index (χ2v) is 5.42. The van der Waals surface area contributed by atoms with Gasteiger partial charge in [0.05, 0.1) is 12.5 Å². The molecule has 0 spiro atoms. The van der Waals surface area contributed by atoms with Crippen LogP contribution in [0.5, 0.6) is 0 Å². The molecule has 0 bridgehead atoms. The van der Waals surface area contributed by atoms with Gasteiger partial charge in [-0.25, -0.2) is 0 Å². The van der Waals surface area contributed by atoms with Crippen molar-refractivity contribution in [3.63, 3.8) is 0 Å². The number of hydrogen-bond acceptors (Lipinski definition) is 3. The van der Waals surface area contributed by atoms with E-state index in [0.29, 0.717) is 10.6 Å². The van der Waals surface area contributed by atoms with E-state index in [4.69, 9.17) is 16.7 Å². The molecule has 1 atom stereocenters. The van der Waals surface area contributed by atoms with Crippen LogP contribution < -0.4 is 10.9 Å². The molecule has 120 valence electrons. The minimum absolute atomic E-state index is 0.148. The van der Waals surface area contributed by atoms with Gasteiger partial charge in [0, 0.05) is 18.1 Å². The molecule has 23 heavy (non-hydrogen) atoms. The average molecular weight is 335 g/mol. The molecule has 0 saturated carbocycles. The summed E-state index contributed by atoms with van der Waals surface area (Å²) in [5.74, 6) is -1.59. The molecule has 2 rings (SSSR count). The van der Waals surface area contributed by atoms with Gasteiger partial charge >= 0.3 is 5.97 Å². The molecule has 2 aromatic rings. The number of hydrogen-bond donors (Lipinski definition) is 2. The molecule has 0 radical (unpaired) electrons. The Morgan fingerprint density at radius 1 is 1.26 bits per heavy atom. The summed E-state index contributed by atoms with van der Waals surface area (Å²) in [6.07, 6.45) is -0.299. The van der Waals surface area contributed by atoms with Crippen LogP contribution in [-0.2, 0) is 11.8 Å². The fourth-order valence-corrected chi connectivity index (χ4v) is 2.37. The van der Waals surface area contributed by atoms with E-state index in [1.807, 2.05) is 0 Å². The van der Waals surface area contributed by atoms with Crippen molar-refractivity contribution in [2.45, 2.75) is 12.5 Å². The minimum Gasteiger partial charge on any atom is -0.481 e. The van der Waals surface area contributed by atoms with Crippen molar-refractivity contribution in [1.82, 2.24) is 9.88 Å². The Labute approximate surface area is 137 Å². The van der Waals surface area contributed by atoms with Crippen LogP contribution in [-0.4, -0.2) is 21.6 Å². The lowest BCUT2D eigenvalue weighted by molar-refractivity contribution is -0.137. The van der Waals surface area contributed by atoms with Gasteiger partial charge in [-0.1, -0.05) is 29.8 Å². The molecule has 1 amide bonds. The second-order valence-electron chi connectivity index (χ2n) is 4.99. The predicted molar refractivity (Wildman–Crippen MR) is 85.6 cm³/mol. The average Bonchev–Trinajstić information content (AvgIpc) is 2.48. The maximum atomic E-state index is 12.4. The van der Waals surface area contributed by atoms with E-state index in [1.165, 1.54) is 29.8 Å². The van der Waals surface area contributed by atoms with Crippen molar-refractivity contribution >= 4 is 23.5 Å². The van der Waals surface area contributed by atoms with E-state index in [1.54, 1.807) is 24.3 Å². The first-order valence-electron chi connectivity index (χ1n) is 6.82. The van der Waals surface area contributed by atoms with E-state index in [9.17, 15) is 14.4 Å². The van der Waals surface area contributed by atoms with Gasteiger partial charge in [0.1, 0.15) is 5.69 Å². The van der Waals surface area contributed by atoms with Gasteiger partial charge in [0.25, 0.3) is 11.5 Å². The number of pyridine rings is 1. The summed E-state index contributed by atoms with van der Waals surface area (Å²) >= 11 is 5.92. The van der Waals surface area contributed by atoms with Crippen molar-refractivity contribution in [3.05, 3.63) is 69.1 Å². The van der Waals surface area contributed by atoms with Gasteiger partial charge in [-0.05, 0) is 23.8 Å². The van der Waals surface area contributed by atoms with Crippen molar-refractivity contribution < 1.29 is 14.7 Å². The number of benzene rings is 1. The number of amides is 1. The normalized spacial score (nSPS) is 11.7. The van der Waals surface area contributed by atoms with Crippen molar-refractivity contribution in [2.75, 3.05) is 0 Å². The molecule has 0 aliphatic heterocycles. The number of carbonyl (C=O) groups excluding carboxylic acids is 1. The standard InChI is InChI=1S/C16H15ClN2O4/c1-19-13(6-3-7-14(19)20)16(23)18-12(9-15(21)22)10-4-2-5-11(17)8-10/h2-8,12H,9H2,1H3,(H,18,23)(H,21,22). The summed E-state index contributed by atoms with van der Waals surface area (Å²) in [6.45, 7) is 0. The van der Waals surface area contributed by atoms with Crippen LogP contribution in [0.2, 0.25) is 5.02 Å². The van der Waals surface area contributed by atoms with Crippen LogP contribution in [0.15, 0.2) is 47.3 Å². The molecule has 6 nitrogen and oxygen atoms in total. The Hall–Kier alpha value is -2.60. The highest BCUT2D eigenvalue weighted by Crippen LogP contribution is 2.21. The molecule has 1 aromatic heterocycles. The van der Waals surface area contributed by atoms with Gasteiger partial charge < -0.3 is 15.0 Å². The summed E-state index contributed by atoms with van der Waals surface area (Å²) in [6, 6.07) is 10.2. The van der Waals surface area contributed by atoms with Crippen molar-refractivity contribution in [3.8, 4) is 0 Å². The van der Waals surface area contributed by atoms with Crippen molar-refractivity contribution in [1.29, 1.82) is 0 Å². The molecule has 0 saturated heterocycles. The third-order valence-corrected chi connectivity index (χ3v) is 3.59. The third kappa shape index (κ3) is 4.20. The second kappa shape index (κ2) is 7.11. The van der Waals surface area contributed by atoms with Crippen molar-refractivity contribution in [2.24, 2.45) is 7.05 Å². The Morgan fingerprint density at radius 2 is 1.96 bits per heavy atom. The Kier molecular flexibility index (Phi) is 5.18. The number of carboxylic acid groups (broad SMARTS) is 1. The SMILES string of the molecule is Cn1c(C(=O)NC(CC(=O)O)c2cccc(Cl)c2)cccc1=O. The Bertz CT molecular complexity index is 801. The number of aromatic nitrogens is 1. The fraction of sp³-hybridized carbons (Fsp3) is 0.188. The molecule has 0 aliphatic rings. The highest BCUT2D eigenvalue weighted by atomic mass is 35.5. The maximum absolute atomic E-state index is 12.4. The fourth-order valence-electron chi connectivity index (χ4n) is 2.17. The lowest BCUT2D eigenvalue weighted by atomic mass is 10.0. The topological polar surface area (TPSA) is 88.4 Å². The van der Waals surface area contributed by atoms with Gasteiger partial charge in [0.15, 0.2) is 0 Å². The van der Waals surface area contributed by atoms with Crippen LogP contribution in [0, 0.1) is 0 Å². The quantitative estimate of drug-likeness (QED) is 0.875. The molecule has 1 heterocycles. The maximum Gasteiger partial charge on any atom is 0.305 e. The zero-order valence-electron chi connectivity index (χ0n) is 12.3. The number of nitrogens with zero attached hydrogens (tertiary/aromatic N) is 1. The smallest absolute Gasteiger partial charge is 0.305 e. The predicted octanol–water partition coefficient (Wildman–Crippen LogP) is 1.98. The molecule has 2 N–H and O–H groups in total. The highest BCUT2D eigenvalue weighted by Gasteiger charge is 2.20. The van der Waals surface area contributed by atoms with Gasteiger partial charge in [-0.2, -0.15) is 0 Å². The van der Waals surface area contributed by atoms with Gasteiger partial charge in [-0.15, -0.1) is 0 Å². The minimum atomic E-state index is -1.06. The summed E-state index contributed by atoms with van der Waals surface area (Å²) < 4.78 is 1.20. The molecule has 1 unspecified atom stereocenters. The first-order valence-corrected chi connectivity index (χ1v) is 7.20. The first-order chi connectivity index (χ1) is 10.9. The summed E-state index contributed by atoms with van der Waals surface area (Å²) in [4.78, 5) is 35.0. The number of nitrogens with one attached hydrogen (secondary N) is 1. The third-order valence-electron chi connectivity index (χ3n) is 3.35. The van der Waals surface area contributed by atoms with Crippen LogP contribution in [0.4, 0.5) is 0 Å². The van der Waals surface area contributed by atoms with Crippen LogP contribution in [0.25, 0.3) is 0 Å². The van der Waals surface area contributed by atoms with E-state index < -0.39 is 17.9 Å². The first kappa shape index (κ1) is 16.8. The lowest BCUT2D eigenvalue weighted by Gasteiger charge is -2.18. The number of carbonyl (C=O) groups is 2. The molecule has 0 fully saturated rings. The summed E-state index contributed by atoms with van der Waals surface area (Å²) in [7, 11) is 1.48. The zero-order valence-corrected chi connectivity index (χ0v) is 13.1. The Morgan fingerprint density at radius 3 is 2.61 bits per heavy atom. The van der Waals surface area contributed by atoms with E-state index in [0.717, 1.165) is 0 Å². The van der Waals surface area contributed by atoms with Crippen LogP contribution in [0.1, 0.15) is 28.5 Å². The molecule has 7 heteroatoms. The number of rotatable bonds is 5. The molecule has 0 aliphatic carbocycles. The zero-order chi connectivity index (χ0) is 17.0.